The lowest BCUT2D eigenvalue weighted by Crippen LogP contribution is -2.27. The maximum absolute atomic E-state index is 11.2. The van der Waals surface area contributed by atoms with Crippen molar-refractivity contribution < 1.29 is 8.42 Å². The van der Waals surface area contributed by atoms with Gasteiger partial charge in [0.2, 0.25) is 10.0 Å². The van der Waals surface area contributed by atoms with Crippen LogP contribution >= 0.6 is 0 Å². The first kappa shape index (κ1) is 17.5. The Morgan fingerprint density at radius 2 is 1.86 bits per heavy atom. The van der Waals surface area contributed by atoms with Crippen LogP contribution in [0.1, 0.15) is 24.5 Å². The maximum Gasteiger partial charge on any atom is 0.211 e. The Labute approximate surface area is 126 Å². The summed E-state index contributed by atoms with van der Waals surface area (Å²) < 4.78 is 24.9. The zero-order valence-electron chi connectivity index (χ0n) is 12.8. The molecule has 0 spiro atoms. The van der Waals surface area contributed by atoms with Crippen molar-refractivity contribution in [3.05, 3.63) is 29.3 Å². The van der Waals surface area contributed by atoms with Crippen LogP contribution in [0.2, 0.25) is 0 Å². The second-order valence-electron chi connectivity index (χ2n) is 4.92. The Morgan fingerprint density at radius 3 is 2.43 bits per heavy atom. The average Bonchev–Trinajstić information content (AvgIpc) is 2.37. The fourth-order valence-electron chi connectivity index (χ4n) is 1.84. The van der Waals surface area contributed by atoms with E-state index in [9.17, 15) is 8.42 Å². The summed E-state index contributed by atoms with van der Waals surface area (Å²) in [5.41, 5.74) is 9.01. The van der Waals surface area contributed by atoms with E-state index in [4.69, 9.17) is 5.73 Å². The topological polar surface area (TPSA) is 96.6 Å². The molecule has 1 aromatic carbocycles. The molecule has 7 heteroatoms. The number of hydrogen-bond donors (Lipinski definition) is 3. The van der Waals surface area contributed by atoms with E-state index in [-0.39, 0.29) is 5.75 Å². The van der Waals surface area contributed by atoms with Gasteiger partial charge in [0.1, 0.15) is 0 Å². The molecule has 0 unspecified atom stereocenters. The molecule has 0 fully saturated rings. The number of aliphatic imine (C=N–C) groups is 1. The van der Waals surface area contributed by atoms with E-state index >= 15 is 0 Å². The van der Waals surface area contributed by atoms with Gasteiger partial charge in [-0.2, -0.15) is 0 Å². The van der Waals surface area contributed by atoms with E-state index in [1.807, 2.05) is 26.0 Å². The molecule has 6 nitrogen and oxygen atoms in total. The van der Waals surface area contributed by atoms with Gasteiger partial charge >= 0.3 is 0 Å². The number of anilines is 1. The van der Waals surface area contributed by atoms with Crippen LogP contribution < -0.4 is 15.8 Å². The molecule has 0 heterocycles. The van der Waals surface area contributed by atoms with Crippen molar-refractivity contribution >= 4 is 21.7 Å². The summed E-state index contributed by atoms with van der Waals surface area (Å²) >= 11 is 0. The van der Waals surface area contributed by atoms with E-state index in [1.165, 1.54) is 0 Å². The lowest BCUT2D eigenvalue weighted by atomic mass is 10.1. The number of nitrogens with two attached hydrogens (primary N) is 1. The number of rotatable bonds is 7. The quantitative estimate of drug-likeness (QED) is 0.402. The maximum atomic E-state index is 11.2. The standard InChI is InChI=1S/C14H24N4O2S/c1-4-21(19,20)17-7-5-6-16-14(15)18-13-9-11(2)8-12(3)10-13/h8-10,17H,4-7H2,1-3H3,(H3,15,16,18). The van der Waals surface area contributed by atoms with Crippen molar-refractivity contribution in [3.8, 4) is 0 Å². The van der Waals surface area contributed by atoms with E-state index < -0.39 is 10.0 Å². The number of benzene rings is 1. The van der Waals surface area contributed by atoms with Gasteiger partial charge in [-0.05, 0) is 50.5 Å². The predicted molar refractivity (Wildman–Crippen MR) is 88.1 cm³/mol. The molecule has 0 aliphatic carbocycles. The van der Waals surface area contributed by atoms with Gasteiger partial charge in [0.05, 0.1) is 5.75 Å². The van der Waals surface area contributed by atoms with Crippen molar-refractivity contribution in [2.45, 2.75) is 27.2 Å². The number of aryl methyl sites for hydroxylation is 2. The number of nitrogens with one attached hydrogen (secondary N) is 2. The minimum atomic E-state index is -3.12. The Morgan fingerprint density at radius 1 is 1.24 bits per heavy atom. The number of hydrogen-bond acceptors (Lipinski definition) is 3. The van der Waals surface area contributed by atoms with Crippen molar-refractivity contribution in [1.82, 2.24) is 4.72 Å². The summed E-state index contributed by atoms with van der Waals surface area (Å²) in [7, 11) is -3.12. The monoisotopic (exact) mass is 312 g/mol. The van der Waals surface area contributed by atoms with Gasteiger partial charge < -0.3 is 11.1 Å². The summed E-state index contributed by atoms with van der Waals surface area (Å²) in [5.74, 6) is 0.422. The molecule has 0 radical (unpaired) electrons. The van der Waals surface area contributed by atoms with E-state index in [1.54, 1.807) is 6.92 Å². The normalized spacial score (nSPS) is 12.4. The molecule has 21 heavy (non-hydrogen) atoms. The molecule has 0 aliphatic rings. The lowest BCUT2D eigenvalue weighted by Gasteiger charge is -2.08. The predicted octanol–water partition coefficient (Wildman–Crippen LogP) is 1.36. The lowest BCUT2D eigenvalue weighted by molar-refractivity contribution is 0.581. The molecule has 0 atom stereocenters. The number of nitrogens with zero attached hydrogens (tertiary/aromatic N) is 1. The summed E-state index contributed by atoms with van der Waals surface area (Å²) in [6.07, 6.45) is 0.606. The minimum Gasteiger partial charge on any atom is -0.370 e. The smallest absolute Gasteiger partial charge is 0.211 e. The van der Waals surface area contributed by atoms with Crippen LogP contribution in [-0.4, -0.2) is 33.2 Å². The molecule has 1 aromatic rings. The molecular weight excluding hydrogens is 288 g/mol. The minimum absolute atomic E-state index is 0.0900. The fourth-order valence-corrected chi connectivity index (χ4v) is 2.50. The molecule has 0 saturated heterocycles. The molecule has 1 rings (SSSR count). The second-order valence-corrected chi connectivity index (χ2v) is 7.02. The summed E-state index contributed by atoms with van der Waals surface area (Å²) in [6.45, 7) is 6.48. The Balaban J connectivity index is 2.40. The van der Waals surface area contributed by atoms with Gasteiger partial charge in [-0.3, -0.25) is 4.99 Å². The van der Waals surface area contributed by atoms with Crippen molar-refractivity contribution in [3.63, 3.8) is 0 Å². The van der Waals surface area contributed by atoms with Crippen LogP contribution in [0.5, 0.6) is 0 Å². The molecule has 0 aliphatic heterocycles. The van der Waals surface area contributed by atoms with E-state index in [0.717, 1.165) is 16.8 Å². The SMILES string of the molecule is CCS(=O)(=O)NCCCN=C(N)Nc1cc(C)cc(C)c1. The average molecular weight is 312 g/mol. The summed E-state index contributed by atoms with van der Waals surface area (Å²) in [5, 5.41) is 3.03. The fraction of sp³-hybridized carbons (Fsp3) is 0.500. The van der Waals surface area contributed by atoms with Crippen LogP contribution in [0.3, 0.4) is 0 Å². The highest BCUT2D eigenvalue weighted by Crippen LogP contribution is 2.13. The molecule has 0 bridgehead atoms. The van der Waals surface area contributed by atoms with E-state index in [0.29, 0.717) is 25.5 Å². The molecule has 0 aromatic heterocycles. The highest BCUT2D eigenvalue weighted by atomic mass is 32.2. The van der Waals surface area contributed by atoms with Gasteiger partial charge in [-0.25, -0.2) is 13.1 Å². The van der Waals surface area contributed by atoms with Gasteiger partial charge in [-0.1, -0.05) is 6.07 Å². The molecule has 0 amide bonds. The number of sulfonamides is 1. The second kappa shape index (κ2) is 7.99. The highest BCUT2D eigenvalue weighted by Gasteiger charge is 2.04. The van der Waals surface area contributed by atoms with Gasteiger partial charge in [0.25, 0.3) is 0 Å². The molecule has 4 N–H and O–H groups in total. The van der Waals surface area contributed by atoms with Gasteiger partial charge in [0.15, 0.2) is 5.96 Å². The van der Waals surface area contributed by atoms with Crippen molar-refractivity contribution in [2.24, 2.45) is 10.7 Å². The Bertz CT molecular complexity index is 577. The van der Waals surface area contributed by atoms with Crippen molar-refractivity contribution in [2.75, 3.05) is 24.2 Å². The first-order chi connectivity index (χ1) is 9.82. The summed E-state index contributed by atoms with van der Waals surface area (Å²) in [6, 6.07) is 6.06. The van der Waals surface area contributed by atoms with Crippen LogP contribution in [0.25, 0.3) is 0 Å². The Hall–Kier alpha value is -1.60. The first-order valence-electron chi connectivity index (χ1n) is 6.95. The third-order valence-corrected chi connectivity index (χ3v) is 4.22. The molecular formula is C14H24N4O2S. The molecule has 0 saturated carbocycles. The van der Waals surface area contributed by atoms with Gasteiger partial charge in [0, 0.05) is 18.8 Å². The van der Waals surface area contributed by atoms with Crippen LogP contribution in [0.4, 0.5) is 5.69 Å². The zero-order valence-corrected chi connectivity index (χ0v) is 13.6. The summed E-state index contributed by atoms with van der Waals surface area (Å²) in [4.78, 5) is 4.17. The van der Waals surface area contributed by atoms with Crippen LogP contribution in [0, 0.1) is 13.8 Å². The first-order valence-corrected chi connectivity index (χ1v) is 8.60. The van der Waals surface area contributed by atoms with Crippen LogP contribution in [-0.2, 0) is 10.0 Å². The van der Waals surface area contributed by atoms with Crippen LogP contribution in [0.15, 0.2) is 23.2 Å². The third kappa shape index (κ3) is 7.10. The largest absolute Gasteiger partial charge is 0.370 e. The van der Waals surface area contributed by atoms with Gasteiger partial charge in [-0.15, -0.1) is 0 Å². The zero-order chi connectivity index (χ0) is 15.9. The Kier molecular flexibility index (Phi) is 6.64. The number of guanidine groups is 1. The molecule has 118 valence electrons. The highest BCUT2D eigenvalue weighted by molar-refractivity contribution is 7.89. The van der Waals surface area contributed by atoms with E-state index in [2.05, 4.69) is 21.1 Å². The third-order valence-electron chi connectivity index (χ3n) is 2.81. The van der Waals surface area contributed by atoms with Crippen molar-refractivity contribution in [1.29, 1.82) is 0 Å².